The van der Waals surface area contributed by atoms with Crippen molar-refractivity contribution in [3.05, 3.63) is 94.1 Å². The van der Waals surface area contributed by atoms with E-state index in [0.717, 1.165) is 5.56 Å². The van der Waals surface area contributed by atoms with Crippen molar-refractivity contribution >= 4 is 40.2 Å². The highest BCUT2D eigenvalue weighted by molar-refractivity contribution is 7.12. The molecule has 144 valence electrons. The Kier molecular flexibility index (Phi) is 5.25. The third kappa shape index (κ3) is 3.97. The zero-order valence-corrected chi connectivity index (χ0v) is 16.7. The summed E-state index contributed by atoms with van der Waals surface area (Å²) in [5.41, 5.74) is 2.69. The van der Waals surface area contributed by atoms with Crippen LogP contribution in [0.15, 0.2) is 84.2 Å². The minimum Gasteiger partial charge on any atom is -0.508 e. The summed E-state index contributed by atoms with van der Waals surface area (Å²) in [5.74, 6) is 0.000394. The number of amides is 1. The van der Waals surface area contributed by atoms with Crippen LogP contribution in [0.5, 0.6) is 11.5 Å². The summed E-state index contributed by atoms with van der Waals surface area (Å²) in [5, 5.41) is 22.2. The second-order valence-corrected chi connectivity index (χ2v) is 7.73. The molecular weight excluding hydrogens is 406 g/mol. The minimum absolute atomic E-state index is 0.0907. The molecule has 0 spiro atoms. The highest BCUT2D eigenvalue weighted by Crippen LogP contribution is 2.39. The Bertz CT molecular complexity index is 1140. The Morgan fingerprint density at radius 1 is 0.862 bits per heavy atom. The molecule has 4 aromatic rings. The van der Waals surface area contributed by atoms with E-state index >= 15 is 0 Å². The number of hydrogen-bond donors (Lipinski definition) is 2. The van der Waals surface area contributed by atoms with Gasteiger partial charge in [0.05, 0.1) is 10.6 Å². The predicted octanol–water partition coefficient (Wildman–Crippen LogP) is 6.46. The smallest absolute Gasteiger partial charge is 0.272 e. The number of thiophene rings is 1. The van der Waals surface area contributed by atoms with Crippen LogP contribution in [0.2, 0.25) is 5.02 Å². The SMILES string of the molecule is O=C(c1cccs1)N(c1ccc(O)cc1)c1ccc(O)cc1-c1ccc(Cl)cc1. The Morgan fingerprint density at radius 3 is 2.21 bits per heavy atom. The average Bonchev–Trinajstić information content (AvgIpc) is 3.26. The van der Waals surface area contributed by atoms with Crippen molar-refractivity contribution in [1.82, 2.24) is 0 Å². The highest BCUT2D eigenvalue weighted by atomic mass is 35.5. The largest absolute Gasteiger partial charge is 0.508 e. The summed E-state index contributed by atoms with van der Waals surface area (Å²) in [6.07, 6.45) is 0. The topological polar surface area (TPSA) is 60.8 Å². The second kappa shape index (κ2) is 7.99. The maximum absolute atomic E-state index is 13.4. The fourth-order valence-electron chi connectivity index (χ4n) is 3.06. The first-order valence-electron chi connectivity index (χ1n) is 8.79. The maximum Gasteiger partial charge on any atom is 0.272 e. The van der Waals surface area contributed by atoms with E-state index in [4.69, 9.17) is 11.6 Å². The number of phenolic OH excluding ortho intramolecular Hbond substituents is 2. The number of halogens is 1. The molecule has 0 unspecified atom stereocenters. The van der Waals surface area contributed by atoms with Crippen molar-refractivity contribution in [2.24, 2.45) is 0 Å². The molecule has 4 rings (SSSR count). The monoisotopic (exact) mass is 421 g/mol. The normalized spacial score (nSPS) is 10.7. The lowest BCUT2D eigenvalue weighted by atomic mass is 10.0. The molecule has 0 saturated heterocycles. The molecule has 1 aromatic heterocycles. The lowest BCUT2D eigenvalue weighted by molar-refractivity contribution is 0.100. The first-order chi connectivity index (χ1) is 14.0. The van der Waals surface area contributed by atoms with Gasteiger partial charge in [-0.05, 0) is 71.6 Å². The van der Waals surface area contributed by atoms with Crippen LogP contribution >= 0.6 is 22.9 Å². The molecular formula is C23H16ClNO3S. The third-order valence-corrected chi connectivity index (χ3v) is 5.53. The number of carbonyl (C=O) groups excluding carboxylic acids is 1. The number of phenols is 2. The summed E-state index contributed by atoms with van der Waals surface area (Å²) in [7, 11) is 0. The number of nitrogens with zero attached hydrogens (tertiary/aromatic N) is 1. The van der Waals surface area contributed by atoms with E-state index in [0.29, 0.717) is 26.8 Å². The molecule has 0 aliphatic rings. The zero-order valence-electron chi connectivity index (χ0n) is 15.1. The molecule has 0 bridgehead atoms. The van der Waals surface area contributed by atoms with Gasteiger partial charge in [0.1, 0.15) is 11.5 Å². The van der Waals surface area contributed by atoms with Gasteiger partial charge >= 0.3 is 0 Å². The second-order valence-electron chi connectivity index (χ2n) is 6.34. The van der Waals surface area contributed by atoms with Crippen molar-refractivity contribution < 1.29 is 15.0 Å². The summed E-state index contributed by atoms with van der Waals surface area (Å²) in [4.78, 5) is 15.6. The first-order valence-corrected chi connectivity index (χ1v) is 10.0. The molecule has 6 heteroatoms. The molecule has 3 aromatic carbocycles. The van der Waals surface area contributed by atoms with Gasteiger partial charge in [-0.3, -0.25) is 9.69 Å². The van der Waals surface area contributed by atoms with E-state index in [1.165, 1.54) is 23.5 Å². The third-order valence-electron chi connectivity index (χ3n) is 4.42. The highest BCUT2D eigenvalue weighted by Gasteiger charge is 2.24. The lowest BCUT2D eigenvalue weighted by Crippen LogP contribution is -2.25. The van der Waals surface area contributed by atoms with Crippen LogP contribution < -0.4 is 4.90 Å². The Balaban J connectivity index is 1.92. The number of rotatable bonds is 4. The number of aromatic hydroxyl groups is 2. The van der Waals surface area contributed by atoms with E-state index in [1.807, 2.05) is 23.6 Å². The van der Waals surface area contributed by atoms with Crippen molar-refractivity contribution in [2.75, 3.05) is 4.90 Å². The summed E-state index contributed by atoms with van der Waals surface area (Å²) < 4.78 is 0. The summed E-state index contributed by atoms with van der Waals surface area (Å²) in [6.45, 7) is 0. The standard InChI is InChI=1S/C23H16ClNO3S/c24-16-5-3-15(4-6-16)20-14-19(27)11-12-21(20)25(17-7-9-18(26)10-8-17)23(28)22-2-1-13-29-22/h1-14,26-27H. The van der Waals surface area contributed by atoms with Crippen LogP contribution in [-0.2, 0) is 0 Å². The summed E-state index contributed by atoms with van der Waals surface area (Å²) >= 11 is 7.38. The van der Waals surface area contributed by atoms with Gasteiger partial charge in [0, 0.05) is 16.3 Å². The maximum atomic E-state index is 13.4. The van der Waals surface area contributed by atoms with E-state index in [-0.39, 0.29) is 17.4 Å². The zero-order chi connectivity index (χ0) is 20.4. The van der Waals surface area contributed by atoms with E-state index in [2.05, 4.69) is 0 Å². The van der Waals surface area contributed by atoms with Crippen LogP contribution in [0, 0.1) is 0 Å². The van der Waals surface area contributed by atoms with E-state index in [9.17, 15) is 15.0 Å². The van der Waals surface area contributed by atoms with Gasteiger partial charge in [0.15, 0.2) is 0 Å². The Hall–Kier alpha value is -3.28. The molecule has 1 amide bonds. The Morgan fingerprint density at radius 2 is 1.55 bits per heavy atom. The Labute approximate surface area is 176 Å². The fraction of sp³-hybridized carbons (Fsp3) is 0. The van der Waals surface area contributed by atoms with E-state index < -0.39 is 0 Å². The fourth-order valence-corrected chi connectivity index (χ4v) is 3.84. The van der Waals surface area contributed by atoms with Gasteiger partial charge in [-0.1, -0.05) is 29.8 Å². The molecule has 0 fully saturated rings. The van der Waals surface area contributed by atoms with Crippen molar-refractivity contribution in [3.63, 3.8) is 0 Å². The molecule has 0 aliphatic carbocycles. The number of benzene rings is 3. The number of anilines is 2. The molecule has 2 N–H and O–H groups in total. The van der Waals surface area contributed by atoms with E-state index in [1.54, 1.807) is 53.4 Å². The first kappa shape index (κ1) is 19.1. The van der Waals surface area contributed by atoms with Gasteiger partial charge in [-0.2, -0.15) is 0 Å². The molecule has 4 nitrogen and oxygen atoms in total. The molecule has 0 radical (unpaired) electrons. The number of hydrogen-bond acceptors (Lipinski definition) is 4. The van der Waals surface area contributed by atoms with Crippen LogP contribution in [0.3, 0.4) is 0 Å². The molecule has 0 atom stereocenters. The predicted molar refractivity (Wildman–Crippen MR) is 117 cm³/mol. The van der Waals surface area contributed by atoms with Crippen LogP contribution in [0.4, 0.5) is 11.4 Å². The van der Waals surface area contributed by atoms with Gasteiger partial charge in [0.25, 0.3) is 5.91 Å². The van der Waals surface area contributed by atoms with Gasteiger partial charge in [0.2, 0.25) is 0 Å². The van der Waals surface area contributed by atoms with Crippen LogP contribution in [0.1, 0.15) is 9.67 Å². The molecule has 1 heterocycles. The number of carbonyl (C=O) groups is 1. The molecule has 0 aliphatic heterocycles. The van der Waals surface area contributed by atoms with Gasteiger partial charge in [-0.25, -0.2) is 0 Å². The van der Waals surface area contributed by atoms with Crippen molar-refractivity contribution in [1.29, 1.82) is 0 Å². The van der Waals surface area contributed by atoms with Crippen molar-refractivity contribution in [3.8, 4) is 22.6 Å². The minimum atomic E-state index is -0.202. The van der Waals surface area contributed by atoms with Crippen LogP contribution in [0.25, 0.3) is 11.1 Å². The van der Waals surface area contributed by atoms with Gasteiger partial charge in [-0.15, -0.1) is 11.3 Å². The van der Waals surface area contributed by atoms with Crippen molar-refractivity contribution in [2.45, 2.75) is 0 Å². The molecule has 29 heavy (non-hydrogen) atoms. The quantitative estimate of drug-likeness (QED) is 0.397. The van der Waals surface area contributed by atoms with Crippen LogP contribution in [-0.4, -0.2) is 16.1 Å². The average molecular weight is 422 g/mol. The van der Waals surface area contributed by atoms with Gasteiger partial charge < -0.3 is 10.2 Å². The lowest BCUT2D eigenvalue weighted by Gasteiger charge is -2.25. The molecule has 0 saturated carbocycles. The summed E-state index contributed by atoms with van der Waals surface area (Å²) in [6, 6.07) is 22.1.